The molecule has 0 aliphatic rings. The highest BCUT2D eigenvalue weighted by molar-refractivity contribution is 14.1. The molecule has 0 N–H and O–H groups in total. The number of benzene rings is 1. The lowest BCUT2D eigenvalue weighted by Crippen LogP contribution is -2.29. The van der Waals surface area contributed by atoms with E-state index >= 15 is 0 Å². The molecule has 0 spiro atoms. The molecular formula is C12H9IN2O4. The van der Waals surface area contributed by atoms with Crippen LogP contribution in [0.4, 0.5) is 0 Å². The second kappa shape index (κ2) is 6.98. The second-order valence-corrected chi connectivity index (χ2v) is 4.68. The van der Waals surface area contributed by atoms with E-state index in [2.05, 4.69) is 10.2 Å². The Kier molecular flexibility index (Phi) is 5.61. The monoisotopic (exact) mass is 372 g/mol. The molecule has 0 heterocycles. The van der Waals surface area contributed by atoms with Crippen LogP contribution in [0.1, 0.15) is 5.56 Å². The minimum atomic E-state index is -1.83. The van der Waals surface area contributed by atoms with Gasteiger partial charge >= 0.3 is 0 Å². The van der Waals surface area contributed by atoms with Crippen LogP contribution in [-0.2, 0) is 24.7 Å². The number of hydrogen-bond donors (Lipinski definition) is 0. The first-order chi connectivity index (χ1) is 9.13. The number of rotatable bonds is 7. The topological polar surface area (TPSA) is 93.0 Å². The number of azo groups is 1. The molecule has 0 saturated heterocycles. The molecule has 7 heteroatoms. The van der Waals surface area contributed by atoms with Gasteiger partial charge in [0, 0.05) is 9.13 Å². The molecule has 19 heavy (non-hydrogen) atoms. The summed E-state index contributed by atoms with van der Waals surface area (Å²) in [7, 11) is 0. The molecule has 0 aromatic heterocycles. The van der Waals surface area contributed by atoms with Crippen molar-refractivity contribution in [2.24, 2.45) is 10.2 Å². The van der Waals surface area contributed by atoms with E-state index in [0.29, 0.717) is 21.7 Å². The summed E-state index contributed by atoms with van der Waals surface area (Å²) >= 11 is 1.95. The van der Waals surface area contributed by atoms with Crippen LogP contribution < -0.4 is 0 Å². The van der Waals surface area contributed by atoms with Crippen molar-refractivity contribution in [3.05, 3.63) is 33.4 Å². The number of hydrogen-bond acceptors (Lipinski definition) is 6. The predicted molar refractivity (Wildman–Crippen MR) is 73.7 cm³/mol. The molecule has 0 saturated carbocycles. The lowest BCUT2D eigenvalue weighted by molar-refractivity contribution is -0.122. The van der Waals surface area contributed by atoms with Crippen LogP contribution in [0.15, 0.2) is 34.5 Å². The molecule has 0 aliphatic heterocycles. The zero-order valence-corrected chi connectivity index (χ0v) is 11.8. The molecule has 1 aromatic rings. The zero-order valence-electron chi connectivity index (χ0n) is 9.60. The van der Waals surface area contributed by atoms with Crippen LogP contribution in [0.25, 0.3) is 0 Å². The Morgan fingerprint density at radius 3 is 2.11 bits per heavy atom. The Hall–Kier alpha value is -1.77. The SMILES string of the molecule is O=CC(C=O)N=NC(C=O)(C=O)c1ccccc1I. The fraction of sp³-hybridized carbons (Fsp3) is 0.167. The molecule has 1 rings (SSSR count). The molecule has 98 valence electrons. The molecule has 0 fully saturated rings. The van der Waals surface area contributed by atoms with E-state index < -0.39 is 11.6 Å². The standard InChI is InChI=1S/C12H9IN2O4/c13-11-4-2-1-3-10(11)12(7-18,8-19)15-14-9(5-16)6-17/h1-9H. The van der Waals surface area contributed by atoms with Crippen LogP contribution >= 0.6 is 22.6 Å². The van der Waals surface area contributed by atoms with Gasteiger partial charge in [0.05, 0.1) is 0 Å². The number of aldehydes is 4. The van der Waals surface area contributed by atoms with E-state index in [4.69, 9.17) is 0 Å². The van der Waals surface area contributed by atoms with E-state index in [-0.39, 0.29) is 12.6 Å². The third-order valence-corrected chi connectivity index (χ3v) is 3.24. The van der Waals surface area contributed by atoms with Crippen LogP contribution in [0.5, 0.6) is 0 Å². The lowest BCUT2D eigenvalue weighted by Gasteiger charge is -2.17. The summed E-state index contributed by atoms with van der Waals surface area (Å²) < 4.78 is 0.645. The van der Waals surface area contributed by atoms with Crippen molar-refractivity contribution in [3.63, 3.8) is 0 Å². The van der Waals surface area contributed by atoms with Crippen molar-refractivity contribution in [1.29, 1.82) is 0 Å². The second-order valence-electron chi connectivity index (χ2n) is 3.52. The van der Waals surface area contributed by atoms with Crippen LogP contribution in [0.3, 0.4) is 0 Å². The van der Waals surface area contributed by atoms with Gasteiger partial charge in [-0.1, -0.05) is 18.2 Å². The smallest absolute Gasteiger partial charge is 0.217 e. The lowest BCUT2D eigenvalue weighted by atomic mass is 9.94. The predicted octanol–water partition coefficient (Wildman–Crippen LogP) is 1.10. The molecule has 0 amide bonds. The van der Waals surface area contributed by atoms with E-state index in [1.54, 1.807) is 24.3 Å². The van der Waals surface area contributed by atoms with Crippen molar-refractivity contribution in [1.82, 2.24) is 0 Å². The summed E-state index contributed by atoms with van der Waals surface area (Å²) in [6.07, 6.45) is 1.20. The quantitative estimate of drug-likeness (QED) is 0.310. The summed E-state index contributed by atoms with van der Waals surface area (Å²) in [6, 6.07) is 5.32. The van der Waals surface area contributed by atoms with Crippen LogP contribution in [0, 0.1) is 3.57 Å². The minimum Gasteiger partial charge on any atom is -0.300 e. The van der Waals surface area contributed by atoms with Crippen molar-refractivity contribution in [3.8, 4) is 0 Å². The van der Waals surface area contributed by atoms with Gasteiger partial charge < -0.3 is 9.59 Å². The van der Waals surface area contributed by atoms with E-state index in [1.165, 1.54) is 0 Å². The van der Waals surface area contributed by atoms with E-state index in [9.17, 15) is 19.2 Å². The van der Waals surface area contributed by atoms with E-state index in [1.807, 2.05) is 22.6 Å². The first-order valence-corrected chi connectivity index (χ1v) is 6.21. The zero-order chi connectivity index (χ0) is 14.3. The normalized spacial score (nSPS) is 11.5. The fourth-order valence-electron chi connectivity index (χ4n) is 1.29. The largest absolute Gasteiger partial charge is 0.300 e. The minimum absolute atomic E-state index is 0.271. The summed E-state index contributed by atoms with van der Waals surface area (Å²) in [4.78, 5) is 43.4. The number of carbonyl (C=O) groups excluding carboxylic acids is 4. The van der Waals surface area contributed by atoms with Gasteiger partial charge in [-0.3, -0.25) is 9.59 Å². The molecule has 1 aromatic carbocycles. The van der Waals surface area contributed by atoms with Gasteiger partial charge in [0.2, 0.25) is 5.54 Å². The van der Waals surface area contributed by atoms with Crippen molar-refractivity contribution >= 4 is 47.7 Å². The molecular weight excluding hydrogens is 363 g/mol. The molecule has 0 radical (unpaired) electrons. The maximum Gasteiger partial charge on any atom is 0.217 e. The van der Waals surface area contributed by atoms with Crippen LogP contribution in [-0.4, -0.2) is 31.2 Å². The Bertz CT molecular complexity index is 514. The third kappa shape index (κ3) is 3.37. The summed E-state index contributed by atoms with van der Waals surface area (Å²) in [5.41, 5.74) is -1.48. The molecule has 6 nitrogen and oxygen atoms in total. The highest BCUT2D eigenvalue weighted by Crippen LogP contribution is 2.26. The summed E-state index contributed by atoms with van der Waals surface area (Å²) in [5, 5.41) is 7.00. The first kappa shape index (κ1) is 15.3. The van der Waals surface area contributed by atoms with Gasteiger partial charge in [-0.05, 0) is 28.7 Å². The fourth-order valence-corrected chi connectivity index (χ4v) is 2.11. The highest BCUT2D eigenvalue weighted by atomic mass is 127. The first-order valence-electron chi connectivity index (χ1n) is 5.13. The number of carbonyl (C=O) groups is 4. The average Bonchev–Trinajstić information content (AvgIpc) is 2.46. The maximum atomic E-state index is 11.2. The molecule has 0 atom stereocenters. The van der Waals surface area contributed by atoms with Gasteiger partial charge in [0.15, 0.2) is 31.2 Å². The molecule has 0 aliphatic carbocycles. The third-order valence-electron chi connectivity index (χ3n) is 2.30. The Balaban J connectivity index is 3.29. The molecule has 0 unspecified atom stereocenters. The van der Waals surface area contributed by atoms with Crippen LogP contribution in [0.2, 0.25) is 0 Å². The Labute approximate surface area is 122 Å². The average molecular weight is 372 g/mol. The summed E-state index contributed by atoms with van der Waals surface area (Å²) in [6.45, 7) is 0. The van der Waals surface area contributed by atoms with E-state index in [0.717, 1.165) is 0 Å². The maximum absolute atomic E-state index is 11.2. The van der Waals surface area contributed by atoms with Gasteiger partial charge in [0.1, 0.15) is 0 Å². The van der Waals surface area contributed by atoms with Gasteiger partial charge in [-0.15, -0.1) is 0 Å². The van der Waals surface area contributed by atoms with Gasteiger partial charge in [-0.25, -0.2) is 0 Å². The highest BCUT2D eigenvalue weighted by Gasteiger charge is 2.34. The number of halogens is 1. The van der Waals surface area contributed by atoms with Gasteiger partial charge in [0.25, 0.3) is 0 Å². The Morgan fingerprint density at radius 1 is 1.05 bits per heavy atom. The van der Waals surface area contributed by atoms with Gasteiger partial charge in [-0.2, -0.15) is 10.2 Å². The van der Waals surface area contributed by atoms with Crippen molar-refractivity contribution in [2.45, 2.75) is 11.6 Å². The molecule has 0 bridgehead atoms. The van der Waals surface area contributed by atoms with Crippen molar-refractivity contribution < 1.29 is 19.2 Å². The van der Waals surface area contributed by atoms with Crippen molar-refractivity contribution in [2.75, 3.05) is 0 Å². The Morgan fingerprint density at radius 2 is 1.63 bits per heavy atom. The summed E-state index contributed by atoms with van der Waals surface area (Å²) in [5.74, 6) is 0. The number of nitrogens with zero attached hydrogens (tertiary/aromatic N) is 2.